The molecule has 1 unspecified atom stereocenters. The summed E-state index contributed by atoms with van der Waals surface area (Å²) >= 11 is 0. The minimum atomic E-state index is 0. The molecule has 3 heteroatoms. The maximum atomic E-state index is 5.43. The Bertz CT molecular complexity index is 684. The third kappa shape index (κ3) is 4.56. The second kappa shape index (κ2) is 8.25. The second-order valence-corrected chi connectivity index (χ2v) is 7.69. The van der Waals surface area contributed by atoms with Crippen molar-refractivity contribution in [2.24, 2.45) is 0 Å². The Morgan fingerprint density at radius 1 is 1.12 bits per heavy atom. The third-order valence-corrected chi connectivity index (χ3v) is 5.47. The SMILES string of the molecule is COc1ccc2c(c1)C(C)(C)CC(N(C)CCc1ccccc1)C2.Cl. The molecule has 2 nitrogen and oxygen atoms in total. The van der Waals surface area contributed by atoms with Crippen LogP contribution in [0.1, 0.15) is 37.0 Å². The number of nitrogens with zero attached hydrogens (tertiary/aromatic N) is 1. The van der Waals surface area contributed by atoms with E-state index < -0.39 is 0 Å². The summed E-state index contributed by atoms with van der Waals surface area (Å²) in [5, 5.41) is 0. The molecule has 0 radical (unpaired) electrons. The average molecular weight is 360 g/mol. The summed E-state index contributed by atoms with van der Waals surface area (Å²) in [6.45, 7) is 5.83. The number of fused-ring (bicyclic) bond motifs is 1. The van der Waals surface area contributed by atoms with Crippen LogP contribution in [0.3, 0.4) is 0 Å². The topological polar surface area (TPSA) is 12.5 Å². The molecule has 0 fully saturated rings. The van der Waals surface area contributed by atoms with Gasteiger partial charge in [-0.05, 0) is 60.5 Å². The Morgan fingerprint density at radius 2 is 1.84 bits per heavy atom. The van der Waals surface area contributed by atoms with Gasteiger partial charge in [-0.25, -0.2) is 0 Å². The van der Waals surface area contributed by atoms with Crippen molar-refractivity contribution in [2.75, 3.05) is 20.7 Å². The quantitative estimate of drug-likeness (QED) is 0.754. The molecule has 136 valence electrons. The number of likely N-dealkylation sites (N-methyl/N-ethyl adjacent to an activating group) is 1. The van der Waals surface area contributed by atoms with Crippen LogP contribution in [-0.4, -0.2) is 31.6 Å². The second-order valence-electron chi connectivity index (χ2n) is 7.69. The van der Waals surface area contributed by atoms with E-state index >= 15 is 0 Å². The number of rotatable bonds is 5. The van der Waals surface area contributed by atoms with Crippen LogP contribution in [-0.2, 0) is 18.3 Å². The highest BCUT2D eigenvalue weighted by Gasteiger charge is 2.34. The van der Waals surface area contributed by atoms with Crippen LogP contribution in [0, 0.1) is 0 Å². The van der Waals surface area contributed by atoms with Crippen molar-refractivity contribution in [3.05, 3.63) is 65.2 Å². The highest BCUT2D eigenvalue weighted by atomic mass is 35.5. The molecule has 0 spiro atoms. The Labute approximate surface area is 158 Å². The highest BCUT2D eigenvalue weighted by Crippen LogP contribution is 2.39. The van der Waals surface area contributed by atoms with Crippen molar-refractivity contribution in [1.29, 1.82) is 0 Å². The van der Waals surface area contributed by atoms with Gasteiger partial charge in [0.25, 0.3) is 0 Å². The van der Waals surface area contributed by atoms with Crippen molar-refractivity contribution in [1.82, 2.24) is 4.90 Å². The van der Waals surface area contributed by atoms with E-state index in [0.717, 1.165) is 25.1 Å². The van der Waals surface area contributed by atoms with Crippen molar-refractivity contribution in [3.63, 3.8) is 0 Å². The minimum Gasteiger partial charge on any atom is -0.497 e. The summed E-state index contributed by atoms with van der Waals surface area (Å²) in [7, 11) is 4.02. The van der Waals surface area contributed by atoms with E-state index in [4.69, 9.17) is 4.74 Å². The van der Waals surface area contributed by atoms with E-state index in [9.17, 15) is 0 Å². The summed E-state index contributed by atoms with van der Waals surface area (Å²) in [5.41, 5.74) is 4.54. The zero-order chi connectivity index (χ0) is 17.2. The summed E-state index contributed by atoms with van der Waals surface area (Å²) in [6, 6.07) is 18.0. The van der Waals surface area contributed by atoms with Crippen LogP contribution in [0.25, 0.3) is 0 Å². The molecule has 0 aromatic heterocycles. The number of halogens is 1. The van der Waals surface area contributed by atoms with Crippen LogP contribution in [0.5, 0.6) is 5.75 Å². The van der Waals surface area contributed by atoms with Gasteiger partial charge in [0.2, 0.25) is 0 Å². The molecule has 2 aromatic carbocycles. The molecule has 2 aromatic rings. The van der Waals surface area contributed by atoms with E-state index in [2.05, 4.69) is 74.3 Å². The normalized spacial score (nSPS) is 18.4. The fourth-order valence-corrected chi connectivity index (χ4v) is 3.96. The maximum Gasteiger partial charge on any atom is 0.119 e. The van der Waals surface area contributed by atoms with E-state index in [1.54, 1.807) is 7.11 Å². The molecule has 0 amide bonds. The Balaban J connectivity index is 0.00000225. The van der Waals surface area contributed by atoms with Gasteiger partial charge in [-0.3, -0.25) is 0 Å². The fraction of sp³-hybridized carbons (Fsp3) is 0.455. The van der Waals surface area contributed by atoms with Crippen LogP contribution in [0.15, 0.2) is 48.5 Å². The van der Waals surface area contributed by atoms with Gasteiger partial charge in [0.1, 0.15) is 5.75 Å². The smallest absolute Gasteiger partial charge is 0.119 e. The molecule has 0 bridgehead atoms. The van der Waals surface area contributed by atoms with Crippen molar-refractivity contribution >= 4 is 12.4 Å². The van der Waals surface area contributed by atoms with Crippen molar-refractivity contribution in [3.8, 4) is 5.75 Å². The molecule has 0 aliphatic heterocycles. The molecule has 25 heavy (non-hydrogen) atoms. The zero-order valence-electron chi connectivity index (χ0n) is 15.8. The summed E-state index contributed by atoms with van der Waals surface area (Å²) in [6.07, 6.45) is 3.44. The monoisotopic (exact) mass is 359 g/mol. The summed E-state index contributed by atoms with van der Waals surface area (Å²) in [4.78, 5) is 2.54. The van der Waals surface area contributed by atoms with Gasteiger partial charge in [-0.1, -0.05) is 50.2 Å². The first-order valence-corrected chi connectivity index (χ1v) is 8.91. The predicted molar refractivity (Wildman–Crippen MR) is 108 cm³/mol. The molecule has 1 aliphatic carbocycles. The standard InChI is InChI=1S/C22H29NO.ClH/c1-22(2)16-19(14-18-10-11-20(24-4)15-21(18)22)23(3)13-12-17-8-6-5-7-9-17;/h5-11,15,19H,12-14,16H2,1-4H3;1H. The first kappa shape index (κ1) is 19.8. The first-order chi connectivity index (χ1) is 11.5. The van der Waals surface area contributed by atoms with Gasteiger partial charge >= 0.3 is 0 Å². The number of hydrogen-bond acceptors (Lipinski definition) is 2. The van der Waals surface area contributed by atoms with Crippen LogP contribution >= 0.6 is 12.4 Å². The van der Waals surface area contributed by atoms with Gasteiger partial charge in [0.05, 0.1) is 7.11 Å². The van der Waals surface area contributed by atoms with Gasteiger partial charge in [0, 0.05) is 12.6 Å². The highest BCUT2D eigenvalue weighted by molar-refractivity contribution is 5.85. The summed E-state index contributed by atoms with van der Waals surface area (Å²) < 4.78 is 5.43. The maximum absolute atomic E-state index is 5.43. The number of methoxy groups -OCH3 is 1. The molecule has 0 saturated carbocycles. The average Bonchev–Trinajstić information content (AvgIpc) is 2.59. The lowest BCUT2D eigenvalue weighted by Crippen LogP contribution is -2.43. The lowest BCUT2D eigenvalue weighted by Gasteiger charge is -2.41. The van der Waals surface area contributed by atoms with Gasteiger partial charge in [-0.2, -0.15) is 0 Å². The minimum absolute atomic E-state index is 0. The molecule has 1 aliphatic rings. The largest absolute Gasteiger partial charge is 0.497 e. The molecule has 0 saturated heterocycles. The predicted octanol–water partition coefficient (Wildman–Crippen LogP) is 4.88. The molecule has 0 N–H and O–H groups in total. The van der Waals surface area contributed by atoms with E-state index in [0.29, 0.717) is 6.04 Å². The van der Waals surface area contributed by atoms with E-state index in [-0.39, 0.29) is 17.8 Å². The summed E-state index contributed by atoms with van der Waals surface area (Å²) in [5.74, 6) is 0.970. The molecule has 0 heterocycles. The van der Waals surface area contributed by atoms with Crippen LogP contribution < -0.4 is 4.74 Å². The van der Waals surface area contributed by atoms with Crippen molar-refractivity contribution in [2.45, 2.75) is 44.6 Å². The van der Waals surface area contributed by atoms with Crippen molar-refractivity contribution < 1.29 is 4.74 Å². The third-order valence-electron chi connectivity index (χ3n) is 5.47. The Morgan fingerprint density at radius 3 is 2.52 bits per heavy atom. The lowest BCUT2D eigenvalue weighted by molar-refractivity contribution is 0.188. The van der Waals surface area contributed by atoms with Gasteiger partial charge in [-0.15, -0.1) is 12.4 Å². The number of ether oxygens (including phenoxy) is 1. The fourth-order valence-electron chi connectivity index (χ4n) is 3.96. The van der Waals surface area contributed by atoms with Gasteiger partial charge < -0.3 is 9.64 Å². The Kier molecular flexibility index (Phi) is 6.53. The number of benzene rings is 2. The molecular weight excluding hydrogens is 330 g/mol. The van der Waals surface area contributed by atoms with Crippen LogP contribution in [0.2, 0.25) is 0 Å². The first-order valence-electron chi connectivity index (χ1n) is 8.91. The van der Waals surface area contributed by atoms with E-state index in [1.807, 2.05) is 0 Å². The lowest BCUT2D eigenvalue weighted by atomic mass is 9.70. The zero-order valence-corrected chi connectivity index (χ0v) is 16.6. The molecule has 1 atom stereocenters. The number of hydrogen-bond donors (Lipinski definition) is 0. The molecule has 3 rings (SSSR count). The Hall–Kier alpha value is -1.51. The molecular formula is C22H30ClNO. The van der Waals surface area contributed by atoms with Crippen LogP contribution in [0.4, 0.5) is 0 Å². The van der Waals surface area contributed by atoms with Gasteiger partial charge in [0.15, 0.2) is 0 Å². The van der Waals surface area contributed by atoms with E-state index in [1.165, 1.54) is 23.1 Å².